The third kappa shape index (κ3) is 8.20. The number of carbonyl (C=O) groups is 1. The Morgan fingerprint density at radius 3 is 1.89 bits per heavy atom. The van der Waals surface area contributed by atoms with Gasteiger partial charge in [0.1, 0.15) is 12.5 Å². The van der Waals surface area contributed by atoms with Crippen LogP contribution in [-0.2, 0) is 4.79 Å². The van der Waals surface area contributed by atoms with Crippen LogP contribution in [0.1, 0.15) is 39.5 Å². The molecule has 106 valence electrons. The van der Waals surface area contributed by atoms with E-state index >= 15 is 0 Å². The van der Waals surface area contributed by atoms with Crippen LogP contribution < -0.4 is 0 Å². The van der Waals surface area contributed by atoms with E-state index in [1.54, 1.807) is 24.3 Å². The van der Waals surface area contributed by atoms with Crippen molar-refractivity contribution < 1.29 is 9.90 Å². The number of rotatable bonds is 1. The van der Waals surface area contributed by atoms with E-state index in [-0.39, 0.29) is 0 Å². The van der Waals surface area contributed by atoms with E-state index in [1.807, 2.05) is 12.9 Å². The van der Waals surface area contributed by atoms with Crippen LogP contribution in [0.25, 0.3) is 0 Å². The molecule has 2 rings (SSSR count). The number of phenols is 1. The molecule has 1 aromatic carbocycles. The first-order valence-electron chi connectivity index (χ1n) is 6.78. The molecule has 1 aliphatic carbocycles. The summed E-state index contributed by atoms with van der Waals surface area (Å²) in [7, 11) is 0. The zero-order chi connectivity index (χ0) is 14.7. The average Bonchev–Trinajstić information content (AvgIpc) is 2.43. The molecule has 1 saturated carbocycles. The Balaban J connectivity index is 0.000000316. The van der Waals surface area contributed by atoms with Gasteiger partial charge in [0.15, 0.2) is 0 Å². The zero-order valence-electron chi connectivity index (χ0n) is 12.1. The summed E-state index contributed by atoms with van der Waals surface area (Å²) < 4.78 is 0. The Bertz CT molecular complexity index is 338. The van der Waals surface area contributed by atoms with Crippen LogP contribution in [0, 0.1) is 11.8 Å². The van der Waals surface area contributed by atoms with Crippen LogP contribution in [-0.4, -0.2) is 11.9 Å². The number of hydrogen-bond acceptors (Lipinski definition) is 2. The Kier molecular flexibility index (Phi) is 9.51. The lowest BCUT2D eigenvalue weighted by Gasteiger charge is -2.26. The molecule has 0 radical (unpaired) electrons. The molecule has 1 N–H and O–H groups in total. The molecular formula is C17H26O2. The van der Waals surface area contributed by atoms with Gasteiger partial charge < -0.3 is 9.90 Å². The molecule has 0 unspecified atom stereocenters. The quantitative estimate of drug-likeness (QED) is 0.751. The molecule has 0 amide bonds. The van der Waals surface area contributed by atoms with Crippen molar-refractivity contribution in [3.05, 3.63) is 42.5 Å². The lowest BCUT2D eigenvalue weighted by Crippen LogP contribution is -2.12. The minimum atomic E-state index is 0.322. The lowest BCUT2D eigenvalue weighted by atomic mass is 9.80. The van der Waals surface area contributed by atoms with E-state index in [4.69, 9.17) is 9.90 Å². The summed E-state index contributed by atoms with van der Waals surface area (Å²) in [4.78, 5) is 8.00. The fraction of sp³-hybridized carbons (Fsp3) is 0.471. The number of aromatic hydroxyl groups is 1. The van der Waals surface area contributed by atoms with E-state index < -0.39 is 0 Å². The van der Waals surface area contributed by atoms with Gasteiger partial charge >= 0.3 is 0 Å². The van der Waals surface area contributed by atoms with E-state index in [0.29, 0.717) is 5.75 Å². The van der Waals surface area contributed by atoms with Crippen molar-refractivity contribution in [1.29, 1.82) is 0 Å². The number of hydrogen-bond donors (Lipinski definition) is 1. The van der Waals surface area contributed by atoms with Crippen LogP contribution in [0.2, 0.25) is 0 Å². The zero-order valence-corrected chi connectivity index (χ0v) is 12.1. The molecule has 1 aliphatic rings. The third-order valence-electron chi connectivity index (χ3n) is 3.47. The van der Waals surface area contributed by atoms with Gasteiger partial charge in [-0.2, -0.15) is 0 Å². The summed E-state index contributed by atoms with van der Waals surface area (Å²) in [5.74, 6) is 2.13. The van der Waals surface area contributed by atoms with Crippen LogP contribution in [0.3, 0.4) is 0 Å². The predicted molar refractivity (Wildman–Crippen MR) is 81.2 cm³/mol. The second-order valence-electron chi connectivity index (χ2n) is 5.14. The van der Waals surface area contributed by atoms with Crippen LogP contribution in [0.4, 0.5) is 0 Å². The van der Waals surface area contributed by atoms with Gasteiger partial charge in [0.25, 0.3) is 0 Å². The third-order valence-corrected chi connectivity index (χ3v) is 3.47. The first kappa shape index (κ1) is 17.4. The van der Waals surface area contributed by atoms with Crippen molar-refractivity contribution in [2.45, 2.75) is 39.5 Å². The molecule has 0 aliphatic heterocycles. The number of para-hydroxylation sites is 1. The summed E-state index contributed by atoms with van der Waals surface area (Å²) in [6.45, 7) is 10.5. The second kappa shape index (κ2) is 10.4. The number of phenolic OH excluding ortho intramolecular Hbond substituents is 1. The highest BCUT2D eigenvalue weighted by atomic mass is 16.3. The maximum absolute atomic E-state index is 8.63. The molecular weight excluding hydrogens is 236 g/mol. The first-order chi connectivity index (χ1) is 9.09. The molecule has 19 heavy (non-hydrogen) atoms. The Morgan fingerprint density at radius 1 is 1.11 bits per heavy atom. The van der Waals surface area contributed by atoms with Gasteiger partial charge in [0.05, 0.1) is 0 Å². The highest BCUT2D eigenvalue weighted by Crippen LogP contribution is 2.31. The highest BCUT2D eigenvalue weighted by molar-refractivity contribution is 5.18. The van der Waals surface area contributed by atoms with Gasteiger partial charge in [-0.1, -0.05) is 50.1 Å². The summed E-state index contributed by atoms with van der Waals surface area (Å²) >= 11 is 0. The van der Waals surface area contributed by atoms with Gasteiger partial charge in [-0.05, 0) is 43.7 Å². The average molecular weight is 262 g/mol. The minimum absolute atomic E-state index is 0.322. The molecule has 2 nitrogen and oxygen atoms in total. The van der Waals surface area contributed by atoms with Gasteiger partial charge in [-0.25, -0.2) is 0 Å². The molecule has 0 heterocycles. The molecule has 0 atom stereocenters. The summed E-state index contributed by atoms with van der Waals surface area (Å²) in [6.07, 6.45) is 5.60. The number of allylic oxidation sites excluding steroid dienone is 1. The maximum atomic E-state index is 8.63. The minimum Gasteiger partial charge on any atom is -0.508 e. The Labute approximate surface area is 117 Å². The van der Waals surface area contributed by atoms with Gasteiger partial charge in [0, 0.05) is 0 Å². The number of benzene rings is 1. The van der Waals surface area contributed by atoms with Crippen molar-refractivity contribution in [3.8, 4) is 5.75 Å². The predicted octanol–water partition coefficient (Wildman–Crippen LogP) is 4.60. The summed E-state index contributed by atoms with van der Waals surface area (Å²) in [5.41, 5.74) is 1.40. The molecule has 1 aromatic rings. The van der Waals surface area contributed by atoms with Crippen molar-refractivity contribution in [1.82, 2.24) is 0 Å². The monoisotopic (exact) mass is 262 g/mol. The van der Waals surface area contributed by atoms with E-state index in [2.05, 4.69) is 20.4 Å². The van der Waals surface area contributed by atoms with E-state index in [1.165, 1.54) is 31.3 Å². The van der Waals surface area contributed by atoms with Crippen LogP contribution in [0.15, 0.2) is 42.5 Å². The topological polar surface area (TPSA) is 37.3 Å². The summed E-state index contributed by atoms with van der Waals surface area (Å²) in [5, 5.41) is 8.63. The van der Waals surface area contributed by atoms with E-state index in [0.717, 1.165) is 11.8 Å². The van der Waals surface area contributed by atoms with Gasteiger partial charge in [-0.15, -0.1) is 0 Å². The van der Waals surface area contributed by atoms with Crippen LogP contribution >= 0.6 is 0 Å². The Morgan fingerprint density at radius 2 is 1.58 bits per heavy atom. The fourth-order valence-corrected chi connectivity index (χ4v) is 2.18. The Hall–Kier alpha value is -1.57. The lowest BCUT2D eigenvalue weighted by molar-refractivity contribution is -0.0979. The smallest absolute Gasteiger partial charge is 0.115 e. The first-order valence-corrected chi connectivity index (χ1v) is 6.78. The van der Waals surface area contributed by atoms with Gasteiger partial charge in [-0.3, -0.25) is 0 Å². The molecule has 0 aromatic heterocycles. The second-order valence-corrected chi connectivity index (χ2v) is 5.14. The molecule has 2 heteroatoms. The SMILES string of the molecule is C=C(C)C1CCC(C)CC1.C=O.Oc1ccccc1. The van der Waals surface area contributed by atoms with Crippen LogP contribution in [0.5, 0.6) is 5.75 Å². The fourth-order valence-electron chi connectivity index (χ4n) is 2.18. The number of carbonyl (C=O) groups excluding carboxylic acids is 1. The van der Waals surface area contributed by atoms with Crippen molar-refractivity contribution in [2.24, 2.45) is 11.8 Å². The normalized spacial score (nSPS) is 21.2. The van der Waals surface area contributed by atoms with Gasteiger partial charge in [0.2, 0.25) is 0 Å². The molecule has 0 saturated heterocycles. The largest absolute Gasteiger partial charge is 0.508 e. The van der Waals surface area contributed by atoms with E-state index in [9.17, 15) is 0 Å². The van der Waals surface area contributed by atoms with Crippen molar-refractivity contribution >= 4 is 6.79 Å². The molecule has 0 bridgehead atoms. The summed E-state index contributed by atoms with van der Waals surface area (Å²) in [6, 6.07) is 8.71. The van der Waals surface area contributed by atoms with Crippen molar-refractivity contribution in [2.75, 3.05) is 0 Å². The highest BCUT2D eigenvalue weighted by Gasteiger charge is 2.17. The molecule has 0 spiro atoms. The standard InChI is InChI=1S/C10H18.C6H6O.CH2O/c1-8(2)10-6-4-9(3)5-7-10;7-6-4-2-1-3-5-6;1-2/h9-10H,1,4-7H2,2-3H3;1-5,7H;1H2. The van der Waals surface area contributed by atoms with Crippen molar-refractivity contribution in [3.63, 3.8) is 0 Å². The molecule has 1 fully saturated rings. The maximum Gasteiger partial charge on any atom is 0.115 e.